The van der Waals surface area contributed by atoms with E-state index in [1.165, 1.54) is 0 Å². The predicted molar refractivity (Wildman–Crippen MR) is 69.6 cm³/mol. The molecule has 1 aliphatic rings. The third kappa shape index (κ3) is 3.98. The first-order chi connectivity index (χ1) is 8.10. The van der Waals surface area contributed by atoms with E-state index in [-0.39, 0.29) is 12.5 Å². The number of aliphatic hydroxyl groups excluding tert-OH is 1. The summed E-state index contributed by atoms with van der Waals surface area (Å²) in [5.74, 6) is 1.47. The molecule has 1 rings (SSSR count). The van der Waals surface area contributed by atoms with Crippen LogP contribution in [0.15, 0.2) is 0 Å². The maximum Gasteiger partial charge on any atom is 0.225 e. The number of rotatable bonds is 6. The summed E-state index contributed by atoms with van der Waals surface area (Å²) in [6, 6.07) is 0. The Morgan fingerprint density at radius 2 is 2.18 bits per heavy atom. The van der Waals surface area contributed by atoms with Crippen molar-refractivity contribution in [3.63, 3.8) is 0 Å². The minimum Gasteiger partial charge on any atom is -0.396 e. The molecule has 0 aromatic heterocycles. The van der Waals surface area contributed by atoms with E-state index in [0.29, 0.717) is 17.7 Å². The van der Waals surface area contributed by atoms with Gasteiger partial charge >= 0.3 is 0 Å². The lowest BCUT2D eigenvalue weighted by atomic mass is 9.90. The molecular weight excluding hydrogens is 214 g/mol. The first kappa shape index (κ1) is 14.5. The minimum atomic E-state index is 0.188. The Hall–Kier alpha value is -0.570. The molecule has 0 saturated carbocycles. The van der Waals surface area contributed by atoms with Gasteiger partial charge in [-0.1, -0.05) is 27.2 Å². The van der Waals surface area contributed by atoms with Crippen LogP contribution in [0.3, 0.4) is 0 Å². The molecule has 3 nitrogen and oxygen atoms in total. The summed E-state index contributed by atoms with van der Waals surface area (Å²) < 4.78 is 0. The van der Waals surface area contributed by atoms with Crippen LogP contribution in [0.1, 0.15) is 46.5 Å². The third-order valence-electron chi connectivity index (χ3n) is 3.86. The average molecular weight is 241 g/mol. The highest BCUT2D eigenvalue weighted by molar-refractivity contribution is 5.79. The van der Waals surface area contributed by atoms with Gasteiger partial charge in [-0.15, -0.1) is 0 Å². The van der Waals surface area contributed by atoms with Gasteiger partial charge in [-0.3, -0.25) is 4.79 Å². The van der Waals surface area contributed by atoms with Crippen LogP contribution in [0.4, 0.5) is 0 Å². The number of hydrogen-bond acceptors (Lipinski definition) is 2. The Labute approximate surface area is 105 Å². The molecule has 100 valence electrons. The first-order valence-electron chi connectivity index (χ1n) is 6.99. The highest BCUT2D eigenvalue weighted by Gasteiger charge is 2.31. The van der Waals surface area contributed by atoms with Gasteiger partial charge in [0, 0.05) is 25.6 Å². The van der Waals surface area contributed by atoms with E-state index in [2.05, 4.69) is 20.8 Å². The molecule has 1 saturated heterocycles. The number of carbonyl (C=O) groups excluding carboxylic acids is 1. The summed E-state index contributed by atoms with van der Waals surface area (Å²) in [5.41, 5.74) is 0. The van der Waals surface area contributed by atoms with Crippen molar-refractivity contribution in [2.75, 3.05) is 19.7 Å². The summed E-state index contributed by atoms with van der Waals surface area (Å²) >= 11 is 0. The van der Waals surface area contributed by atoms with Gasteiger partial charge in [-0.05, 0) is 31.1 Å². The second-order valence-electron chi connectivity index (χ2n) is 5.59. The summed E-state index contributed by atoms with van der Waals surface area (Å²) in [7, 11) is 0. The van der Waals surface area contributed by atoms with Gasteiger partial charge in [0.1, 0.15) is 0 Å². The Balaban J connectivity index is 2.51. The Morgan fingerprint density at radius 3 is 2.71 bits per heavy atom. The van der Waals surface area contributed by atoms with E-state index in [0.717, 1.165) is 38.8 Å². The molecule has 0 spiro atoms. The largest absolute Gasteiger partial charge is 0.396 e. The predicted octanol–water partition coefficient (Wildman–Crippen LogP) is 2.29. The molecule has 1 aliphatic heterocycles. The molecule has 0 aliphatic carbocycles. The number of likely N-dealkylation sites (tertiary alicyclic amines) is 1. The van der Waals surface area contributed by atoms with Crippen molar-refractivity contribution in [1.29, 1.82) is 0 Å². The summed E-state index contributed by atoms with van der Waals surface area (Å²) in [4.78, 5) is 14.4. The van der Waals surface area contributed by atoms with Crippen molar-refractivity contribution < 1.29 is 9.90 Å². The van der Waals surface area contributed by atoms with Crippen LogP contribution in [0.5, 0.6) is 0 Å². The van der Waals surface area contributed by atoms with Crippen molar-refractivity contribution in [2.24, 2.45) is 17.8 Å². The molecule has 1 N–H and O–H groups in total. The van der Waals surface area contributed by atoms with Gasteiger partial charge in [0.05, 0.1) is 0 Å². The van der Waals surface area contributed by atoms with Crippen LogP contribution >= 0.6 is 0 Å². The summed E-state index contributed by atoms with van der Waals surface area (Å²) in [6.45, 7) is 8.40. The van der Waals surface area contributed by atoms with E-state index < -0.39 is 0 Å². The van der Waals surface area contributed by atoms with Gasteiger partial charge in [0.25, 0.3) is 0 Å². The molecular formula is C14H27NO2. The highest BCUT2D eigenvalue weighted by atomic mass is 16.3. The quantitative estimate of drug-likeness (QED) is 0.775. The monoisotopic (exact) mass is 241 g/mol. The van der Waals surface area contributed by atoms with E-state index in [1.807, 2.05) is 4.90 Å². The first-order valence-corrected chi connectivity index (χ1v) is 6.99. The van der Waals surface area contributed by atoms with Crippen LogP contribution < -0.4 is 0 Å². The highest BCUT2D eigenvalue weighted by Crippen LogP contribution is 2.25. The maximum absolute atomic E-state index is 12.4. The lowest BCUT2D eigenvalue weighted by molar-refractivity contribution is -0.136. The second-order valence-corrected chi connectivity index (χ2v) is 5.59. The van der Waals surface area contributed by atoms with Crippen molar-refractivity contribution in [3.8, 4) is 0 Å². The smallest absolute Gasteiger partial charge is 0.225 e. The summed E-state index contributed by atoms with van der Waals surface area (Å²) in [6.07, 6.45) is 3.97. The zero-order chi connectivity index (χ0) is 12.8. The van der Waals surface area contributed by atoms with Crippen molar-refractivity contribution >= 4 is 5.91 Å². The topological polar surface area (TPSA) is 40.5 Å². The van der Waals surface area contributed by atoms with Gasteiger partial charge < -0.3 is 10.0 Å². The number of nitrogens with zero attached hydrogens (tertiary/aromatic N) is 1. The molecule has 1 amide bonds. The molecule has 1 fully saturated rings. The fraction of sp³-hybridized carbons (Fsp3) is 0.929. The SMILES string of the molecule is CCC[C@@H](C(=O)N1CC[C@@H](CCO)C1)C(C)C. The second kappa shape index (κ2) is 7.00. The zero-order valence-electron chi connectivity index (χ0n) is 11.5. The molecule has 0 aromatic carbocycles. The maximum atomic E-state index is 12.4. The van der Waals surface area contributed by atoms with Crippen LogP contribution in [0.25, 0.3) is 0 Å². The van der Waals surface area contributed by atoms with Crippen LogP contribution in [0, 0.1) is 17.8 Å². The van der Waals surface area contributed by atoms with Crippen LogP contribution in [-0.4, -0.2) is 35.6 Å². The molecule has 0 unspecified atom stereocenters. The van der Waals surface area contributed by atoms with Crippen LogP contribution in [-0.2, 0) is 4.79 Å². The molecule has 0 radical (unpaired) electrons. The number of carbonyl (C=O) groups is 1. The van der Waals surface area contributed by atoms with E-state index in [9.17, 15) is 4.79 Å². The van der Waals surface area contributed by atoms with Gasteiger partial charge in [-0.25, -0.2) is 0 Å². The Bertz CT molecular complexity index is 240. The fourth-order valence-corrected chi connectivity index (χ4v) is 2.74. The number of aliphatic hydroxyl groups is 1. The molecule has 0 bridgehead atoms. The zero-order valence-corrected chi connectivity index (χ0v) is 11.5. The van der Waals surface area contributed by atoms with Gasteiger partial charge in [-0.2, -0.15) is 0 Å². The van der Waals surface area contributed by atoms with E-state index in [4.69, 9.17) is 5.11 Å². The molecule has 2 atom stereocenters. The van der Waals surface area contributed by atoms with E-state index in [1.54, 1.807) is 0 Å². The van der Waals surface area contributed by atoms with Crippen LogP contribution in [0.2, 0.25) is 0 Å². The Morgan fingerprint density at radius 1 is 1.47 bits per heavy atom. The minimum absolute atomic E-state index is 0.188. The molecule has 17 heavy (non-hydrogen) atoms. The van der Waals surface area contributed by atoms with Crippen molar-refractivity contribution in [3.05, 3.63) is 0 Å². The molecule has 0 aromatic rings. The molecule has 3 heteroatoms. The normalized spacial score (nSPS) is 22.2. The lowest BCUT2D eigenvalue weighted by Crippen LogP contribution is -2.36. The number of hydrogen-bond donors (Lipinski definition) is 1. The van der Waals surface area contributed by atoms with E-state index >= 15 is 0 Å². The van der Waals surface area contributed by atoms with Gasteiger partial charge in [0.15, 0.2) is 0 Å². The standard InChI is InChI=1S/C14H27NO2/c1-4-5-13(11(2)3)14(17)15-8-6-12(10-15)7-9-16/h11-13,16H,4-10H2,1-3H3/t12-,13+/m0/s1. The Kier molecular flexibility index (Phi) is 5.96. The summed E-state index contributed by atoms with van der Waals surface area (Å²) in [5, 5.41) is 8.93. The molecule has 1 heterocycles. The lowest BCUT2D eigenvalue weighted by Gasteiger charge is -2.26. The van der Waals surface area contributed by atoms with Crippen molar-refractivity contribution in [1.82, 2.24) is 4.90 Å². The third-order valence-corrected chi connectivity index (χ3v) is 3.86. The fourth-order valence-electron chi connectivity index (χ4n) is 2.74. The van der Waals surface area contributed by atoms with Crippen molar-refractivity contribution in [2.45, 2.75) is 46.5 Å². The average Bonchev–Trinajstić information content (AvgIpc) is 2.73. The van der Waals surface area contributed by atoms with Gasteiger partial charge in [0.2, 0.25) is 5.91 Å². The number of amides is 1.